The van der Waals surface area contributed by atoms with Gasteiger partial charge in [0, 0.05) is 4.90 Å². The minimum atomic E-state index is -1.65. The van der Waals surface area contributed by atoms with E-state index in [1.165, 1.54) is 23.9 Å². The van der Waals surface area contributed by atoms with E-state index in [4.69, 9.17) is 5.11 Å². The average Bonchev–Trinajstić information content (AvgIpc) is 2.16. The van der Waals surface area contributed by atoms with Crippen molar-refractivity contribution in [2.45, 2.75) is 4.90 Å². The van der Waals surface area contributed by atoms with E-state index in [0.717, 1.165) is 6.07 Å². The number of Topliss-reactive ketones (excluding diaryl/α,β-unsaturated/α-hetero) is 1. The van der Waals surface area contributed by atoms with Crippen LogP contribution in [0.4, 0.5) is 4.39 Å². The quantitative estimate of drug-likeness (QED) is 0.473. The SMILES string of the molecule is CSc1ccc(C(=O)C(=O)O)c(F)c1. The molecule has 14 heavy (non-hydrogen) atoms. The van der Waals surface area contributed by atoms with Gasteiger partial charge in [0.15, 0.2) is 0 Å². The second-order valence-electron chi connectivity index (χ2n) is 2.48. The number of hydrogen-bond acceptors (Lipinski definition) is 3. The van der Waals surface area contributed by atoms with Gasteiger partial charge in [0.05, 0.1) is 5.56 Å². The molecule has 1 N–H and O–H groups in total. The predicted molar refractivity (Wildman–Crippen MR) is 50.1 cm³/mol. The molecule has 0 aromatic heterocycles. The molecule has 1 aromatic carbocycles. The molecule has 1 aromatic rings. The van der Waals surface area contributed by atoms with Crippen molar-refractivity contribution in [1.82, 2.24) is 0 Å². The number of hydrogen-bond donors (Lipinski definition) is 1. The van der Waals surface area contributed by atoms with E-state index in [1.807, 2.05) is 0 Å². The first-order chi connectivity index (χ1) is 6.56. The van der Waals surface area contributed by atoms with Crippen molar-refractivity contribution in [3.8, 4) is 0 Å². The summed E-state index contributed by atoms with van der Waals surface area (Å²) in [5.74, 6) is -3.68. The highest BCUT2D eigenvalue weighted by atomic mass is 32.2. The first kappa shape index (κ1) is 10.7. The maximum Gasteiger partial charge on any atom is 0.377 e. The lowest BCUT2D eigenvalue weighted by Crippen LogP contribution is -2.14. The number of carbonyl (C=O) groups is 2. The molecule has 0 radical (unpaired) electrons. The Balaban J connectivity index is 3.12. The Kier molecular flexibility index (Phi) is 3.24. The number of benzene rings is 1. The number of carbonyl (C=O) groups excluding carboxylic acids is 1. The van der Waals surface area contributed by atoms with E-state index >= 15 is 0 Å². The molecule has 0 saturated carbocycles. The van der Waals surface area contributed by atoms with E-state index in [1.54, 1.807) is 6.26 Å². The third-order valence-corrected chi connectivity index (χ3v) is 2.34. The number of carboxylic acids is 1. The fourth-order valence-electron chi connectivity index (χ4n) is 0.922. The first-order valence-electron chi connectivity index (χ1n) is 3.67. The number of thioether (sulfide) groups is 1. The van der Waals surface area contributed by atoms with Crippen LogP contribution in [0.3, 0.4) is 0 Å². The van der Waals surface area contributed by atoms with Crippen molar-refractivity contribution >= 4 is 23.5 Å². The summed E-state index contributed by atoms with van der Waals surface area (Å²) >= 11 is 1.31. The summed E-state index contributed by atoms with van der Waals surface area (Å²) in [4.78, 5) is 21.8. The van der Waals surface area contributed by atoms with Crippen LogP contribution in [0.5, 0.6) is 0 Å². The average molecular weight is 214 g/mol. The van der Waals surface area contributed by atoms with Crippen molar-refractivity contribution in [1.29, 1.82) is 0 Å². The summed E-state index contributed by atoms with van der Waals surface area (Å²) in [6, 6.07) is 3.82. The van der Waals surface area contributed by atoms with Gasteiger partial charge < -0.3 is 5.11 Å². The molecular formula is C9H7FO3S. The summed E-state index contributed by atoms with van der Waals surface area (Å²) in [7, 11) is 0. The van der Waals surface area contributed by atoms with Crippen molar-refractivity contribution in [2.75, 3.05) is 6.26 Å². The van der Waals surface area contributed by atoms with E-state index in [-0.39, 0.29) is 0 Å². The largest absolute Gasteiger partial charge is 0.475 e. The molecule has 0 aliphatic rings. The van der Waals surface area contributed by atoms with E-state index in [9.17, 15) is 14.0 Å². The van der Waals surface area contributed by atoms with Gasteiger partial charge in [-0.05, 0) is 24.5 Å². The molecule has 0 amide bonds. The summed E-state index contributed by atoms with van der Waals surface area (Å²) in [5, 5.41) is 8.36. The molecule has 0 heterocycles. The van der Waals surface area contributed by atoms with Gasteiger partial charge in [-0.15, -0.1) is 11.8 Å². The topological polar surface area (TPSA) is 54.4 Å². The number of aliphatic carboxylic acids is 1. The number of ketones is 1. The summed E-state index contributed by atoms with van der Waals surface area (Å²) in [6.45, 7) is 0. The lowest BCUT2D eigenvalue weighted by Gasteiger charge is -2.00. The highest BCUT2D eigenvalue weighted by molar-refractivity contribution is 7.98. The molecule has 0 atom stereocenters. The molecule has 0 saturated heterocycles. The molecule has 0 unspecified atom stereocenters. The van der Waals surface area contributed by atoms with Crippen LogP contribution in [-0.2, 0) is 4.79 Å². The molecular weight excluding hydrogens is 207 g/mol. The second kappa shape index (κ2) is 4.23. The standard InChI is InChI=1S/C9H7FO3S/c1-14-5-2-3-6(7(10)4-5)8(11)9(12)13/h2-4H,1H3,(H,12,13). The molecule has 74 valence electrons. The lowest BCUT2D eigenvalue weighted by atomic mass is 10.1. The summed E-state index contributed by atoms with van der Waals surface area (Å²) in [6.07, 6.45) is 1.76. The molecule has 1 rings (SSSR count). The third kappa shape index (κ3) is 2.11. The van der Waals surface area contributed by atoms with Crippen molar-refractivity contribution in [3.05, 3.63) is 29.6 Å². The van der Waals surface area contributed by atoms with Gasteiger partial charge in [-0.2, -0.15) is 0 Å². The highest BCUT2D eigenvalue weighted by Crippen LogP contribution is 2.18. The molecule has 0 spiro atoms. The number of carboxylic acid groups (broad SMARTS) is 1. The zero-order valence-corrected chi connectivity index (χ0v) is 8.10. The normalized spacial score (nSPS) is 9.86. The van der Waals surface area contributed by atoms with Gasteiger partial charge in [-0.1, -0.05) is 0 Å². The third-order valence-electron chi connectivity index (χ3n) is 1.62. The smallest absolute Gasteiger partial charge is 0.377 e. The Hall–Kier alpha value is -1.36. The maximum atomic E-state index is 13.2. The maximum absolute atomic E-state index is 13.2. The monoisotopic (exact) mass is 214 g/mol. The number of halogens is 1. The highest BCUT2D eigenvalue weighted by Gasteiger charge is 2.18. The Morgan fingerprint density at radius 2 is 2.07 bits per heavy atom. The van der Waals surface area contributed by atoms with Crippen molar-refractivity contribution < 1.29 is 19.1 Å². The summed E-state index contributed by atoms with van der Waals surface area (Å²) < 4.78 is 13.2. The van der Waals surface area contributed by atoms with E-state index in [2.05, 4.69) is 0 Å². The van der Waals surface area contributed by atoms with Crippen LogP contribution < -0.4 is 0 Å². The zero-order chi connectivity index (χ0) is 10.7. The van der Waals surface area contributed by atoms with Gasteiger partial charge in [-0.25, -0.2) is 9.18 Å². The molecule has 0 aliphatic carbocycles. The Morgan fingerprint density at radius 1 is 1.43 bits per heavy atom. The Bertz CT molecular complexity index is 390. The first-order valence-corrected chi connectivity index (χ1v) is 4.90. The van der Waals surface area contributed by atoms with Gasteiger partial charge >= 0.3 is 5.97 Å². The van der Waals surface area contributed by atoms with E-state index in [0.29, 0.717) is 4.90 Å². The predicted octanol–water partition coefficient (Wildman–Crippen LogP) is 1.81. The van der Waals surface area contributed by atoms with Gasteiger partial charge in [0.25, 0.3) is 5.78 Å². The number of rotatable bonds is 3. The van der Waals surface area contributed by atoms with Crippen molar-refractivity contribution in [2.24, 2.45) is 0 Å². The lowest BCUT2D eigenvalue weighted by molar-refractivity contribution is -0.131. The second-order valence-corrected chi connectivity index (χ2v) is 3.36. The van der Waals surface area contributed by atoms with Crippen LogP contribution in [0.2, 0.25) is 0 Å². The molecule has 0 bridgehead atoms. The van der Waals surface area contributed by atoms with Crippen LogP contribution in [0.1, 0.15) is 10.4 Å². The molecule has 3 nitrogen and oxygen atoms in total. The molecule has 0 aliphatic heterocycles. The Morgan fingerprint density at radius 3 is 2.50 bits per heavy atom. The van der Waals surface area contributed by atoms with Crippen LogP contribution in [0.15, 0.2) is 23.1 Å². The van der Waals surface area contributed by atoms with Gasteiger partial charge in [-0.3, -0.25) is 4.79 Å². The fraction of sp³-hybridized carbons (Fsp3) is 0.111. The fourth-order valence-corrected chi connectivity index (χ4v) is 1.35. The van der Waals surface area contributed by atoms with Crippen molar-refractivity contribution in [3.63, 3.8) is 0 Å². The van der Waals surface area contributed by atoms with Crippen LogP contribution in [0, 0.1) is 5.82 Å². The minimum Gasteiger partial charge on any atom is -0.475 e. The van der Waals surface area contributed by atoms with Crippen LogP contribution in [0.25, 0.3) is 0 Å². The zero-order valence-electron chi connectivity index (χ0n) is 7.28. The van der Waals surface area contributed by atoms with Crippen LogP contribution >= 0.6 is 11.8 Å². The van der Waals surface area contributed by atoms with E-state index < -0.39 is 23.1 Å². The Labute approximate surface area is 83.9 Å². The van der Waals surface area contributed by atoms with Gasteiger partial charge in [0.2, 0.25) is 0 Å². The van der Waals surface area contributed by atoms with Gasteiger partial charge in [0.1, 0.15) is 5.82 Å². The van der Waals surface area contributed by atoms with Crippen LogP contribution in [-0.4, -0.2) is 23.1 Å². The summed E-state index contributed by atoms with van der Waals surface area (Å²) in [5.41, 5.74) is -0.407. The molecule has 5 heteroatoms. The minimum absolute atomic E-state index is 0.407. The molecule has 0 fully saturated rings.